The number of benzene rings is 2. The van der Waals surface area contributed by atoms with Gasteiger partial charge in [0.15, 0.2) is 11.5 Å². The van der Waals surface area contributed by atoms with Crippen LogP contribution in [0.25, 0.3) is 0 Å². The van der Waals surface area contributed by atoms with Crippen molar-refractivity contribution in [3.8, 4) is 11.5 Å². The molecule has 1 atom stereocenters. The maximum atomic E-state index is 12.4. The standard InChI is InChI=1S/C21H27NO3S/c1-14(2)25-19-11-8-17(12-20(19)24-5)13-22-21(23)16(4)26-18-9-6-15(3)7-10-18/h6-12,14,16H,13H2,1-5H3,(H,22,23)/t16-/m0/s1. The largest absolute Gasteiger partial charge is 0.493 e. The van der Waals surface area contributed by atoms with Gasteiger partial charge in [-0.1, -0.05) is 23.8 Å². The van der Waals surface area contributed by atoms with Gasteiger partial charge in [-0.15, -0.1) is 11.8 Å². The normalized spacial score (nSPS) is 11.9. The van der Waals surface area contributed by atoms with E-state index < -0.39 is 0 Å². The molecule has 0 saturated heterocycles. The van der Waals surface area contributed by atoms with Gasteiger partial charge in [0.05, 0.1) is 18.5 Å². The highest BCUT2D eigenvalue weighted by Gasteiger charge is 2.14. The zero-order chi connectivity index (χ0) is 19.1. The molecule has 5 heteroatoms. The van der Waals surface area contributed by atoms with Crippen molar-refractivity contribution in [1.82, 2.24) is 5.32 Å². The third-order valence-corrected chi connectivity index (χ3v) is 4.87. The molecule has 1 N–H and O–H groups in total. The van der Waals surface area contributed by atoms with E-state index in [0.29, 0.717) is 18.0 Å². The zero-order valence-electron chi connectivity index (χ0n) is 16.0. The van der Waals surface area contributed by atoms with Gasteiger partial charge in [-0.3, -0.25) is 4.79 Å². The number of carbonyl (C=O) groups excluding carboxylic acids is 1. The topological polar surface area (TPSA) is 47.6 Å². The fraction of sp³-hybridized carbons (Fsp3) is 0.381. The molecule has 0 radical (unpaired) electrons. The molecule has 0 fully saturated rings. The summed E-state index contributed by atoms with van der Waals surface area (Å²) in [4.78, 5) is 13.5. The van der Waals surface area contributed by atoms with Crippen molar-refractivity contribution in [1.29, 1.82) is 0 Å². The quantitative estimate of drug-likeness (QED) is 0.688. The van der Waals surface area contributed by atoms with Crippen LogP contribution in [-0.2, 0) is 11.3 Å². The second kappa shape index (κ2) is 9.53. The predicted octanol–water partition coefficient (Wildman–Crippen LogP) is 4.59. The lowest BCUT2D eigenvalue weighted by atomic mass is 10.2. The van der Waals surface area contributed by atoms with Crippen molar-refractivity contribution < 1.29 is 14.3 Å². The molecule has 1 amide bonds. The lowest BCUT2D eigenvalue weighted by Crippen LogP contribution is -2.30. The Hall–Kier alpha value is -2.14. The van der Waals surface area contributed by atoms with Gasteiger partial charge < -0.3 is 14.8 Å². The lowest BCUT2D eigenvalue weighted by molar-refractivity contribution is -0.120. The molecule has 0 saturated carbocycles. The van der Waals surface area contributed by atoms with Gasteiger partial charge in [0, 0.05) is 11.4 Å². The highest BCUT2D eigenvalue weighted by Crippen LogP contribution is 2.29. The Bertz CT molecular complexity index is 729. The number of hydrogen-bond acceptors (Lipinski definition) is 4. The van der Waals surface area contributed by atoms with Gasteiger partial charge in [0.1, 0.15) is 0 Å². The van der Waals surface area contributed by atoms with Crippen molar-refractivity contribution in [2.24, 2.45) is 0 Å². The Kier molecular flexibility index (Phi) is 7.39. The van der Waals surface area contributed by atoms with Crippen LogP contribution in [0.15, 0.2) is 47.4 Å². The first-order chi connectivity index (χ1) is 12.4. The monoisotopic (exact) mass is 373 g/mol. The van der Waals surface area contributed by atoms with Crippen LogP contribution in [-0.4, -0.2) is 24.4 Å². The minimum Gasteiger partial charge on any atom is -0.493 e. The smallest absolute Gasteiger partial charge is 0.233 e. The summed E-state index contributed by atoms with van der Waals surface area (Å²) < 4.78 is 11.1. The summed E-state index contributed by atoms with van der Waals surface area (Å²) in [5, 5.41) is 2.82. The molecule has 0 heterocycles. The summed E-state index contributed by atoms with van der Waals surface area (Å²) in [6.07, 6.45) is 0.0779. The SMILES string of the molecule is COc1cc(CNC(=O)[C@H](C)Sc2ccc(C)cc2)ccc1OC(C)C. The fourth-order valence-electron chi connectivity index (χ4n) is 2.38. The Morgan fingerprint density at radius 2 is 1.77 bits per heavy atom. The summed E-state index contributed by atoms with van der Waals surface area (Å²) in [7, 11) is 1.62. The number of hydrogen-bond donors (Lipinski definition) is 1. The maximum Gasteiger partial charge on any atom is 0.233 e. The molecular weight excluding hydrogens is 346 g/mol. The average Bonchev–Trinajstić information content (AvgIpc) is 2.62. The van der Waals surface area contributed by atoms with E-state index in [1.54, 1.807) is 18.9 Å². The highest BCUT2D eigenvalue weighted by molar-refractivity contribution is 8.00. The van der Waals surface area contributed by atoms with Crippen LogP contribution in [0.5, 0.6) is 11.5 Å². The summed E-state index contributed by atoms with van der Waals surface area (Å²) >= 11 is 1.56. The number of rotatable bonds is 8. The minimum absolute atomic E-state index is 0.0112. The first-order valence-corrected chi connectivity index (χ1v) is 9.61. The molecule has 4 nitrogen and oxygen atoms in total. The molecule has 0 aromatic heterocycles. The molecule has 140 valence electrons. The van der Waals surface area contributed by atoms with Crippen molar-refractivity contribution in [3.63, 3.8) is 0 Å². The van der Waals surface area contributed by atoms with Gasteiger partial charge in [-0.2, -0.15) is 0 Å². The first-order valence-electron chi connectivity index (χ1n) is 8.73. The van der Waals surface area contributed by atoms with Gasteiger partial charge in [0.25, 0.3) is 0 Å². The van der Waals surface area contributed by atoms with Gasteiger partial charge >= 0.3 is 0 Å². The van der Waals surface area contributed by atoms with Gasteiger partial charge in [0.2, 0.25) is 5.91 Å². The molecule has 2 aromatic carbocycles. The van der Waals surface area contributed by atoms with Crippen LogP contribution in [0.3, 0.4) is 0 Å². The second-order valence-corrected chi connectivity index (χ2v) is 7.86. The van der Waals surface area contributed by atoms with Crippen molar-refractivity contribution in [2.75, 3.05) is 7.11 Å². The van der Waals surface area contributed by atoms with E-state index in [1.807, 2.05) is 51.1 Å². The molecule has 2 aromatic rings. The molecule has 0 aliphatic carbocycles. The molecule has 0 spiro atoms. The summed E-state index contributed by atoms with van der Waals surface area (Å²) in [5.74, 6) is 1.39. The first kappa shape index (κ1) is 20.2. The Balaban J connectivity index is 1.92. The Labute approximate surface area is 160 Å². The van der Waals surface area contributed by atoms with Gasteiger partial charge in [-0.25, -0.2) is 0 Å². The van der Waals surface area contributed by atoms with Crippen LogP contribution in [0, 0.1) is 6.92 Å². The zero-order valence-corrected chi connectivity index (χ0v) is 16.9. The van der Waals surface area contributed by atoms with Crippen LogP contribution < -0.4 is 14.8 Å². The molecule has 0 aliphatic heterocycles. The van der Waals surface area contributed by atoms with Crippen molar-refractivity contribution >= 4 is 17.7 Å². The highest BCUT2D eigenvalue weighted by atomic mass is 32.2. The molecule has 2 rings (SSSR count). The fourth-order valence-corrected chi connectivity index (χ4v) is 3.27. The minimum atomic E-state index is -0.164. The molecule has 0 aliphatic rings. The molecular formula is C21H27NO3S. The predicted molar refractivity (Wildman–Crippen MR) is 107 cm³/mol. The number of amides is 1. The lowest BCUT2D eigenvalue weighted by Gasteiger charge is -2.15. The maximum absolute atomic E-state index is 12.4. The van der Waals surface area contributed by atoms with Crippen LogP contribution in [0.1, 0.15) is 31.9 Å². The number of carbonyl (C=O) groups is 1. The second-order valence-electron chi connectivity index (χ2n) is 6.44. The van der Waals surface area contributed by atoms with E-state index in [9.17, 15) is 4.79 Å². The summed E-state index contributed by atoms with van der Waals surface area (Å²) in [6, 6.07) is 13.9. The average molecular weight is 374 g/mol. The number of methoxy groups -OCH3 is 1. The molecule has 0 unspecified atom stereocenters. The van der Waals surface area contributed by atoms with Crippen molar-refractivity contribution in [2.45, 2.75) is 50.5 Å². The summed E-state index contributed by atoms with van der Waals surface area (Å²) in [5.41, 5.74) is 2.18. The van der Waals surface area contributed by atoms with Crippen LogP contribution >= 0.6 is 11.8 Å². The Morgan fingerprint density at radius 1 is 1.08 bits per heavy atom. The van der Waals surface area contributed by atoms with E-state index >= 15 is 0 Å². The van der Waals surface area contributed by atoms with Crippen molar-refractivity contribution in [3.05, 3.63) is 53.6 Å². The number of ether oxygens (including phenoxy) is 2. The van der Waals surface area contributed by atoms with Crippen LogP contribution in [0.2, 0.25) is 0 Å². The third-order valence-electron chi connectivity index (χ3n) is 3.76. The number of thioether (sulfide) groups is 1. The third kappa shape index (κ3) is 5.99. The summed E-state index contributed by atoms with van der Waals surface area (Å²) in [6.45, 7) is 8.37. The van der Waals surface area contributed by atoms with E-state index in [0.717, 1.165) is 10.5 Å². The van der Waals surface area contributed by atoms with E-state index in [-0.39, 0.29) is 17.3 Å². The number of aryl methyl sites for hydroxylation is 1. The Morgan fingerprint density at radius 3 is 2.38 bits per heavy atom. The number of nitrogens with one attached hydrogen (secondary N) is 1. The molecule has 26 heavy (non-hydrogen) atoms. The van der Waals surface area contributed by atoms with Gasteiger partial charge in [-0.05, 0) is 57.5 Å². The van der Waals surface area contributed by atoms with E-state index in [2.05, 4.69) is 24.4 Å². The van der Waals surface area contributed by atoms with E-state index in [1.165, 1.54) is 5.56 Å². The van der Waals surface area contributed by atoms with E-state index in [4.69, 9.17) is 9.47 Å². The molecule has 0 bridgehead atoms. The van der Waals surface area contributed by atoms with Crippen LogP contribution in [0.4, 0.5) is 0 Å².